The zero-order valence-electron chi connectivity index (χ0n) is 12.6. The highest BCUT2D eigenvalue weighted by atomic mass is 16.7. The fourth-order valence-corrected chi connectivity index (χ4v) is 2.51. The number of fused-ring (bicyclic) bond motifs is 1. The molecular weight excluding hydrogens is 262 g/mol. The summed E-state index contributed by atoms with van der Waals surface area (Å²) >= 11 is 0. The maximum Gasteiger partial charge on any atom is 0.231 e. The standard InChI is InChI=1S/C18H21NO2/c1-13(19-2)6-7-14-4-3-5-15(10-14)16-8-9-17-18(11-16)21-12-20-17/h3-5,8-11,13,19H,6-7,12H2,1-2H3. The number of nitrogens with one attached hydrogen (secondary N) is 1. The third-order valence-electron chi connectivity index (χ3n) is 3.99. The minimum Gasteiger partial charge on any atom is -0.454 e. The van der Waals surface area contributed by atoms with Gasteiger partial charge in [-0.05, 0) is 55.6 Å². The van der Waals surface area contributed by atoms with Crippen LogP contribution in [0.15, 0.2) is 42.5 Å². The summed E-state index contributed by atoms with van der Waals surface area (Å²) in [5.41, 5.74) is 3.76. The van der Waals surface area contributed by atoms with E-state index in [1.807, 2.05) is 13.1 Å². The van der Waals surface area contributed by atoms with Gasteiger partial charge in [0.05, 0.1) is 0 Å². The maximum atomic E-state index is 5.45. The largest absolute Gasteiger partial charge is 0.454 e. The van der Waals surface area contributed by atoms with Crippen LogP contribution in [0.4, 0.5) is 0 Å². The molecule has 0 saturated heterocycles. The van der Waals surface area contributed by atoms with Gasteiger partial charge in [0, 0.05) is 6.04 Å². The molecule has 1 aliphatic heterocycles. The summed E-state index contributed by atoms with van der Waals surface area (Å²) in [6, 6.07) is 15.4. The molecule has 1 aliphatic rings. The van der Waals surface area contributed by atoms with Crippen LogP contribution in [0.1, 0.15) is 18.9 Å². The first-order valence-corrected chi connectivity index (χ1v) is 7.42. The van der Waals surface area contributed by atoms with Gasteiger partial charge in [0.25, 0.3) is 0 Å². The minimum atomic E-state index is 0.320. The van der Waals surface area contributed by atoms with E-state index in [2.05, 4.69) is 48.6 Å². The minimum absolute atomic E-state index is 0.320. The summed E-state index contributed by atoms with van der Waals surface area (Å²) in [5.74, 6) is 1.67. The molecule has 0 aromatic heterocycles. The lowest BCUT2D eigenvalue weighted by molar-refractivity contribution is 0.174. The molecule has 2 aromatic carbocycles. The predicted octanol–water partition coefficient (Wildman–Crippen LogP) is 3.62. The Bertz CT molecular complexity index is 624. The third-order valence-corrected chi connectivity index (χ3v) is 3.99. The van der Waals surface area contributed by atoms with Crippen LogP contribution in [-0.2, 0) is 6.42 Å². The van der Waals surface area contributed by atoms with Gasteiger partial charge in [0.2, 0.25) is 6.79 Å². The second-order valence-electron chi connectivity index (χ2n) is 5.50. The van der Waals surface area contributed by atoms with Crippen molar-refractivity contribution < 1.29 is 9.47 Å². The maximum absolute atomic E-state index is 5.45. The van der Waals surface area contributed by atoms with Crippen molar-refractivity contribution in [3.63, 3.8) is 0 Å². The van der Waals surface area contributed by atoms with Crippen LogP contribution in [-0.4, -0.2) is 19.9 Å². The second kappa shape index (κ2) is 6.19. The van der Waals surface area contributed by atoms with Crippen LogP contribution in [0.3, 0.4) is 0 Å². The first kappa shape index (κ1) is 14.0. The summed E-state index contributed by atoms with van der Waals surface area (Å²) in [5, 5.41) is 3.28. The average Bonchev–Trinajstić information content (AvgIpc) is 3.00. The van der Waals surface area contributed by atoms with Gasteiger partial charge in [0.1, 0.15) is 0 Å². The first-order valence-electron chi connectivity index (χ1n) is 7.42. The van der Waals surface area contributed by atoms with Gasteiger partial charge in [-0.2, -0.15) is 0 Å². The van der Waals surface area contributed by atoms with Crippen LogP contribution in [0.25, 0.3) is 11.1 Å². The average molecular weight is 283 g/mol. The summed E-state index contributed by atoms with van der Waals surface area (Å²) < 4.78 is 10.8. The highest BCUT2D eigenvalue weighted by Gasteiger charge is 2.13. The Morgan fingerprint density at radius 3 is 2.71 bits per heavy atom. The molecule has 0 bridgehead atoms. The van der Waals surface area contributed by atoms with E-state index in [0.29, 0.717) is 12.8 Å². The first-order chi connectivity index (χ1) is 10.3. The summed E-state index contributed by atoms with van der Waals surface area (Å²) in [6.45, 7) is 2.53. The lowest BCUT2D eigenvalue weighted by Crippen LogP contribution is -2.21. The van der Waals surface area contributed by atoms with E-state index in [1.165, 1.54) is 16.7 Å². The number of ether oxygens (including phenoxy) is 2. The zero-order chi connectivity index (χ0) is 14.7. The van der Waals surface area contributed by atoms with Crippen molar-refractivity contribution >= 4 is 0 Å². The number of aryl methyl sites for hydroxylation is 1. The normalized spacial score (nSPS) is 14.2. The number of rotatable bonds is 5. The van der Waals surface area contributed by atoms with Crippen LogP contribution in [0.2, 0.25) is 0 Å². The van der Waals surface area contributed by atoms with E-state index in [9.17, 15) is 0 Å². The highest BCUT2D eigenvalue weighted by molar-refractivity contribution is 5.68. The predicted molar refractivity (Wildman–Crippen MR) is 84.8 cm³/mol. The smallest absolute Gasteiger partial charge is 0.231 e. The Kier molecular flexibility index (Phi) is 4.11. The van der Waals surface area contributed by atoms with Crippen molar-refractivity contribution in [3.05, 3.63) is 48.0 Å². The lowest BCUT2D eigenvalue weighted by Gasteiger charge is -2.11. The molecule has 0 aliphatic carbocycles. The Morgan fingerprint density at radius 2 is 1.86 bits per heavy atom. The third kappa shape index (κ3) is 3.19. The molecular formula is C18H21NO2. The van der Waals surface area contributed by atoms with Crippen LogP contribution >= 0.6 is 0 Å². The van der Waals surface area contributed by atoms with Gasteiger partial charge in [-0.1, -0.05) is 30.3 Å². The van der Waals surface area contributed by atoms with Crippen molar-refractivity contribution in [2.24, 2.45) is 0 Å². The molecule has 3 nitrogen and oxygen atoms in total. The SMILES string of the molecule is CNC(C)CCc1cccc(-c2ccc3c(c2)OCO3)c1. The van der Waals surface area contributed by atoms with E-state index in [-0.39, 0.29) is 0 Å². The van der Waals surface area contributed by atoms with Crippen molar-refractivity contribution in [1.82, 2.24) is 5.32 Å². The van der Waals surface area contributed by atoms with E-state index in [4.69, 9.17) is 9.47 Å². The molecule has 3 heteroatoms. The van der Waals surface area contributed by atoms with Crippen molar-refractivity contribution in [3.8, 4) is 22.6 Å². The fourth-order valence-electron chi connectivity index (χ4n) is 2.51. The summed E-state index contributed by atoms with van der Waals surface area (Å²) in [7, 11) is 2.01. The molecule has 0 spiro atoms. The van der Waals surface area contributed by atoms with Crippen molar-refractivity contribution in [1.29, 1.82) is 0 Å². The molecule has 2 aromatic rings. The molecule has 0 radical (unpaired) electrons. The molecule has 0 amide bonds. The number of hydrogen-bond acceptors (Lipinski definition) is 3. The Morgan fingerprint density at radius 1 is 1.05 bits per heavy atom. The number of hydrogen-bond donors (Lipinski definition) is 1. The lowest BCUT2D eigenvalue weighted by atomic mass is 9.99. The second-order valence-corrected chi connectivity index (χ2v) is 5.50. The van der Waals surface area contributed by atoms with E-state index >= 15 is 0 Å². The van der Waals surface area contributed by atoms with Gasteiger partial charge in [-0.15, -0.1) is 0 Å². The molecule has 0 saturated carbocycles. The molecule has 1 heterocycles. The zero-order valence-corrected chi connectivity index (χ0v) is 12.6. The van der Waals surface area contributed by atoms with Crippen LogP contribution in [0.5, 0.6) is 11.5 Å². The molecule has 1 N–H and O–H groups in total. The van der Waals surface area contributed by atoms with Gasteiger partial charge in [0.15, 0.2) is 11.5 Å². The molecule has 3 rings (SSSR count). The Hall–Kier alpha value is -2.00. The quantitative estimate of drug-likeness (QED) is 0.909. The van der Waals surface area contributed by atoms with Gasteiger partial charge in [-0.3, -0.25) is 0 Å². The Labute approximate surface area is 125 Å². The van der Waals surface area contributed by atoms with Gasteiger partial charge < -0.3 is 14.8 Å². The van der Waals surface area contributed by atoms with Crippen LogP contribution < -0.4 is 14.8 Å². The molecule has 0 fully saturated rings. The summed E-state index contributed by atoms with van der Waals surface area (Å²) in [4.78, 5) is 0. The van der Waals surface area contributed by atoms with Gasteiger partial charge in [-0.25, -0.2) is 0 Å². The molecule has 110 valence electrons. The molecule has 1 atom stereocenters. The van der Waals surface area contributed by atoms with E-state index < -0.39 is 0 Å². The van der Waals surface area contributed by atoms with Crippen molar-refractivity contribution in [2.75, 3.05) is 13.8 Å². The monoisotopic (exact) mass is 283 g/mol. The Balaban J connectivity index is 1.79. The van der Waals surface area contributed by atoms with Crippen LogP contribution in [0, 0.1) is 0 Å². The number of benzene rings is 2. The topological polar surface area (TPSA) is 30.5 Å². The summed E-state index contributed by atoms with van der Waals surface area (Å²) in [6.07, 6.45) is 2.22. The fraction of sp³-hybridized carbons (Fsp3) is 0.333. The molecule has 1 unspecified atom stereocenters. The highest BCUT2D eigenvalue weighted by Crippen LogP contribution is 2.36. The van der Waals surface area contributed by atoms with E-state index in [1.54, 1.807) is 0 Å². The van der Waals surface area contributed by atoms with E-state index in [0.717, 1.165) is 24.3 Å². The van der Waals surface area contributed by atoms with Crippen molar-refractivity contribution in [2.45, 2.75) is 25.8 Å². The van der Waals surface area contributed by atoms with Gasteiger partial charge >= 0.3 is 0 Å². The molecule has 21 heavy (non-hydrogen) atoms.